The fourth-order valence-corrected chi connectivity index (χ4v) is 1.52. The van der Waals surface area contributed by atoms with Gasteiger partial charge in [-0.1, -0.05) is 0 Å². The van der Waals surface area contributed by atoms with E-state index in [2.05, 4.69) is 9.80 Å². The van der Waals surface area contributed by atoms with Crippen LogP contribution in [0.1, 0.15) is 0 Å². The average Bonchev–Trinajstić information content (AvgIpc) is 2.12. The Labute approximate surface area is 108 Å². The van der Waals surface area contributed by atoms with Crippen LogP contribution in [0.2, 0.25) is 0 Å². The number of hydrogen-bond acceptors (Lipinski definition) is 2. The van der Waals surface area contributed by atoms with Crippen LogP contribution in [-0.4, -0.2) is 49.1 Å². The van der Waals surface area contributed by atoms with Crippen LogP contribution in [-0.2, 0) is 0 Å². The van der Waals surface area contributed by atoms with Crippen molar-refractivity contribution in [2.45, 2.75) is 0 Å². The monoisotopic (exact) mass is 364 g/mol. The van der Waals surface area contributed by atoms with E-state index in [0.717, 1.165) is 0 Å². The van der Waals surface area contributed by atoms with E-state index in [1.54, 1.807) is 0 Å². The van der Waals surface area contributed by atoms with Crippen LogP contribution in [0.3, 0.4) is 0 Å². The summed E-state index contributed by atoms with van der Waals surface area (Å²) in [6, 6.07) is 0. The zero-order valence-corrected chi connectivity index (χ0v) is 11.6. The molecular formula is C6H12F10N2P2. The van der Waals surface area contributed by atoms with Gasteiger partial charge in [0.25, 0.3) is 0 Å². The van der Waals surface area contributed by atoms with E-state index in [-0.39, 0.29) is 0 Å². The molecule has 3 rings (SSSR count). The van der Waals surface area contributed by atoms with Gasteiger partial charge in [0.1, 0.15) is 0 Å². The molecule has 0 amide bonds. The van der Waals surface area contributed by atoms with Crippen molar-refractivity contribution in [2.24, 2.45) is 0 Å². The molecule has 126 valence electrons. The number of nitrogens with zero attached hydrogens (tertiary/aromatic N) is 2. The summed E-state index contributed by atoms with van der Waals surface area (Å²) in [5.41, 5.74) is 0. The Hall–Kier alpha value is 0.0800. The summed E-state index contributed by atoms with van der Waals surface area (Å²) < 4.78 is 98.4. The number of piperazine rings is 3. The summed E-state index contributed by atoms with van der Waals surface area (Å²) >= 11 is 0. The van der Waals surface area contributed by atoms with Gasteiger partial charge in [0, 0.05) is 39.3 Å². The Morgan fingerprint density at radius 2 is 0.500 bits per heavy atom. The van der Waals surface area contributed by atoms with Crippen molar-refractivity contribution in [3.05, 3.63) is 0 Å². The Morgan fingerprint density at radius 3 is 0.550 bits per heavy atom. The Balaban J connectivity index is 0.000000278. The zero-order valence-electron chi connectivity index (χ0n) is 9.81. The number of rotatable bonds is 0. The zero-order chi connectivity index (χ0) is 16.3. The van der Waals surface area contributed by atoms with Crippen LogP contribution in [0, 0.1) is 0 Å². The van der Waals surface area contributed by atoms with Crippen LogP contribution < -0.4 is 0 Å². The molecule has 0 unspecified atom stereocenters. The molecule has 2 nitrogen and oxygen atoms in total. The molecule has 3 aliphatic rings. The Kier molecular flexibility index (Phi) is 6.08. The molecule has 2 bridgehead atoms. The van der Waals surface area contributed by atoms with Gasteiger partial charge in [-0.05, 0) is 0 Å². The summed E-state index contributed by atoms with van der Waals surface area (Å²) in [7, 11) is -17.1. The third kappa shape index (κ3) is 23.2. The fourth-order valence-electron chi connectivity index (χ4n) is 1.52. The van der Waals surface area contributed by atoms with E-state index in [0.29, 0.717) is 0 Å². The first-order chi connectivity index (χ1) is 8.42. The van der Waals surface area contributed by atoms with E-state index in [1.165, 1.54) is 39.3 Å². The second kappa shape index (κ2) is 6.06. The second-order valence-electron chi connectivity index (χ2n) is 3.96. The van der Waals surface area contributed by atoms with Crippen molar-refractivity contribution in [1.82, 2.24) is 9.80 Å². The molecule has 0 aromatic rings. The van der Waals surface area contributed by atoms with Gasteiger partial charge in [0.05, 0.1) is 0 Å². The predicted octanol–water partition coefficient (Wildman–Crippen LogP) is 5.54. The Morgan fingerprint density at radius 1 is 0.400 bits per heavy atom. The molecule has 3 aliphatic heterocycles. The number of hydrogen-bond donors (Lipinski definition) is 0. The molecule has 20 heavy (non-hydrogen) atoms. The van der Waals surface area contributed by atoms with Crippen molar-refractivity contribution in [2.75, 3.05) is 39.3 Å². The van der Waals surface area contributed by atoms with Crippen molar-refractivity contribution >= 4 is 16.3 Å². The molecule has 0 spiro atoms. The van der Waals surface area contributed by atoms with E-state index in [1.807, 2.05) is 0 Å². The van der Waals surface area contributed by atoms with Gasteiger partial charge in [-0.3, -0.25) is 9.80 Å². The molecule has 0 aromatic carbocycles. The summed E-state index contributed by atoms with van der Waals surface area (Å²) in [6.45, 7) is 7.92. The molecule has 0 atom stereocenters. The van der Waals surface area contributed by atoms with E-state index in [4.69, 9.17) is 0 Å². The minimum atomic E-state index is -8.55. The maximum atomic E-state index is 9.84. The Bertz CT molecular complexity index is 236. The van der Waals surface area contributed by atoms with Crippen LogP contribution >= 0.6 is 16.3 Å². The van der Waals surface area contributed by atoms with Crippen molar-refractivity contribution in [3.8, 4) is 0 Å². The van der Waals surface area contributed by atoms with Gasteiger partial charge in [0.2, 0.25) is 0 Å². The minimum absolute atomic E-state index is 1.32. The van der Waals surface area contributed by atoms with E-state index < -0.39 is 16.3 Å². The summed E-state index contributed by atoms with van der Waals surface area (Å²) in [5, 5.41) is 0. The number of fused-ring (bicyclic) bond motifs is 3. The molecule has 0 aromatic heterocycles. The van der Waals surface area contributed by atoms with E-state index >= 15 is 0 Å². The van der Waals surface area contributed by atoms with Crippen LogP contribution in [0.4, 0.5) is 42.0 Å². The van der Waals surface area contributed by atoms with E-state index in [9.17, 15) is 42.0 Å². The average molecular weight is 364 g/mol. The second-order valence-corrected chi connectivity index (χ2v) is 6.52. The standard InChI is InChI=1S/C6H12N2.2F5P/c1-2-8-5-3-7(1)4-6-8;2*1-6(2,3,4)5/h1-6H2;;. The topological polar surface area (TPSA) is 6.48 Å². The van der Waals surface area contributed by atoms with Gasteiger partial charge in [-0.2, -0.15) is 0 Å². The van der Waals surface area contributed by atoms with Gasteiger partial charge >= 0.3 is 58.3 Å². The van der Waals surface area contributed by atoms with Crippen LogP contribution in [0.5, 0.6) is 0 Å². The molecule has 3 saturated heterocycles. The SMILES string of the molecule is C1CN2CCN1CC2.FP(F)(F)(F)F.FP(F)(F)(F)F. The van der Waals surface area contributed by atoms with Crippen molar-refractivity contribution in [1.29, 1.82) is 0 Å². The molecule has 0 saturated carbocycles. The predicted molar refractivity (Wildman–Crippen MR) is 57.8 cm³/mol. The molecule has 0 radical (unpaired) electrons. The number of halogens is 10. The van der Waals surface area contributed by atoms with Gasteiger partial charge in [-0.15, -0.1) is 0 Å². The summed E-state index contributed by atoms with van der Waals surface area (Å²) in [5.74, 6) is 0. The summed E-state index contributed by atoms with van der Waals surface area (Å²) in [6.07, 6.45) is 0. The fraction of sp³-hybridized carbons (Fsp3) is 1.00. The normalized spacial score (nSPS) is 29.5. The first-order valence-corrected chi connectivity index (χ1v) is 8.47. The third-order valence-electron chi connectivity index (χ3n) is 2.20. The molecule has 14 heteroatoms. The molecular weight excluding hydrogens is 352 g/mol. The molecule has 0 N–H and O–H groups in total. The first kappa shape index (κ1) is 20.1. The summed E-state index contributed by atoms with van der Waals surface area (Å²) in [4.78, 5) is 5.08. The molecule has 3 fully saturated rings. The quantitative estimate of drug-likeness (QED) is 0.411. The third-order valence-corrected chi connectivity index (χ3v) is 2.20. The van der Waals surface area contributed by atoms with Gasteiger partial charge in [-0.25, -0.2) is 0 Å². The molecule has 0 aliphatic carbocycles. The van der Waals surface area contributed by atoms with Gasteiger partial charge in [0.15, 0.2) is 0 Å². The van der Waals surface area contributed by atoms with Crippen LogP contribution in [0.15, 0.2) is 0 Å². The van der Waals surface area contributed by atoms with Gasteiger partial charge < -0.3 is 0 Å². The van der Waals surface area contributed by atoms with Crippen LogP contribution in [0.25, 0.3) is 0 Å². The molecule has 3 heterocycles. The van der Waals surface area contributed by atoms with Crippen molar-refractivity contribution in [3.63, 3.8) is 0 Å². The maximum absolute atomic E-state index is 9.84. The van der Waals surface area contributed by atoms with Crippen molar-refractivity contribution < 1.29 is 42.0 Å². The first-order valence-electron chi connectivity index (χ1n) is 5.09.